The summed E-state index contributed by atoms with van der Waals surface area (Å²) in [4.78, 5) is 34.2. The molecule has 0 unspecified atom stereocenters. The zero-order valence-electron chi connectivity index (χ0n) is 17.1. The molecule has 2 aliphatic heterocycles. The second kappa shape index (κ2) is 7.97. The highest BCUT2D eigenvalue weighted by atomic mass is 16.5. The molecule has 7 heteroatoms. The van der Waals surface area contributed by atoms with Crippen LogP contribution in [0.15, 0.2) is 34.9 Å². The number of carbonyl (C=O) groups excluding carboxylic acids is 2. The summed E-state index contributed by atoms with van der Waals surface area (Å²) in [6.45, 7) is 5.69. The van der Waals surface area contributed by atoms with Gasteiger partial charge in [-0.1, -0.05) is 30.3 Å². The van der Waals surface area contributed by atoms with Gasteiger partial charge in [-0.25, -0.2) is 0 Å². The minimum atomic E-state index is -0.493. The Morgan fingerprint density at radius 2 is 1.93 bits per heavy atom. The third-order valence-corrected chi connectivity index (χ3v) is 6.50. The van der Waals surface area contributed by atoms with Crippen LogP contribution in [0.25, 0.3) is 11.5 Å². The lowest BCUT2D eigenvalue weighted by atomic mass is 9.67. The molecular formula is C22H28N4O3. The van der Waals surface area contributed by atoms with Crippen molar-refractivity contribution in [1.29, 1.82) is 0 Å². The number of nitrogens with zero attached hydrogens (tertiary/aromatic N) is 4. The normalized spacial score (nSPS) is 24.9. The molecule has 4 rings (SSSR count). The fraction of sp³-hybridized carbons (Fsp3) is 0.545. The molecule has 0 radical (unpaired) electrons. The summed E-state index contributed by atoms with van der Waals surface area (Å²) in [6.07, 6.45) is 3.93. The van der Waals surface area contributed by atoms with Crippen LogP contribution in [0.4, 0.5) is 0 Å². The zero-order chi connectivity index (χ0) is 20.4. The number of hydrogen-bond donors (Lipinski definition) is 0. The Morgan fingerprint density at radius 3 is 2.66 bits per heavy atom. The van der Waals surface area contributed by atoms with E-state index in [-0.39, 0.29) is 17.9 Å². The van der Waals surface area contributed by atoms with Crippen LogP contribution in [0.1, 0.15) is 51.8 Å². The van der Waals surface area contributed by atoms with Crippen molar-refractivity contribution in [3.63, 3.8) is 0 Å². The molecule has 7 nitrogen and oxygen atoms in total. The maximum Gasteiger partial charge on any atom is 0.257 e. The Kier molecular flexibility index (Phi) is 5.39. The molecule has 0 bridgehead atoms. The lowest BCUT2D eigenvalue weighted by Gasteiger charge is -2.51. The molecule has 0 aliphatic carbocycles. The fourth-order valence-electron chi connectivity index (χ4n) is 4.88. The average molecular weight is 396 g/mol. The largest absolute Gasteiger partial charge is 0.339 e. The van der Waals surface area contributed by atoms with E-state index < -0.39 is 5.41 Å². The van der Waals surface area contributed by atoms with E-state index >= 15 is 0 Å². The van der Waals surface area contributed by atoms with Crippen molar-refractivity contribution in [2.24, 2.45) is 5.41 Å². The number of amides is 2. The number of rotatable bonds is 4. The minimum Gasteiger partial charge on any atom is -0.339 e. The smallest absolute Gasteiger partial charge is 0.257 e. The number of likely N-dealkylation sites (tertiary alicyclic amines) is 2. The molecule has 2 fully saturated rings. The van der Waals surface area contributed by atoms with Crippen molar-refractivity contribution in [2.75, 3.05) is 13.1 Å². The van der Waals surface area contributed by atoms with Crippen molar-refractivity contribution < 1.29 is 14.1 Å². The highest BCUT2D eigenvalue weighted by Gasteiger charge is 2.52. The van der Waals surface area contributed by atoms with Gasteiger partial charge in [0.15, 0.2) is 5.82 Å². The van der Waals surface area contributed by atoms with Crippen LogP contribution in [0, 0.1) is 5.41 Å². The monoisotopic (exact) mass is 396 g/mol. The van der Waals surface area contributed by atoms with Crippen LogP contribution in [0.3, 0.4) is 0 Å². The van der Waals surface area contributed by atoms with E-state index in [1.165, 1.54) is 0 Å². The van der Waals surface area contributed by atoms with E-state index in [0.717, 1.165) is 37.8 Å². The standard InChI is InChI=1S/C22H28N4O3/c1-3-19(27)26-14-8-12-22(16(26)2)11-7-13-25(21(22)28)15-18-23-20(29-24-18)17-9-5-4-6-10-17/h4-6,9-10,16H,3,7-8,11-15H2,1-2H3/t16-,22-/m0/s1. The van der Waals surface area contributed by atoms with Crippen molar-refractivity contribution in [3.05, 3.63) is 36.2 Å². The Balaban J connectivity index is 1.52. The molecule has 1 aromatic heterocycles. The van der Waals surface area contributed by atoms with Crippen molar-refractivity contribution in [1.82, 2.24) is 19.9 Å². The lowest BCUT2D eigenvalue weighted by molar-refractivity contribution is -0.160. The Bertz CT molecular complexity index is 877. The van der Waals surface area contributed by atoms with Crippen LogP contribution in [0.2, 0.25) is 0 Å². The van der Waals surface area contributed by atoms with Gasteiger partial charge in [-0.15, -0.1) is 0 Å². The van der Waals surface area contributed by atoms with E-state index in [1.807, 2.05) is 54.0 Å². The van der Waals surface area contributed by atoms with E-state index in [2.05, 4.69) is 10.1 Å². The molecule has 1 aromatic carbocycles. The van der Waals surface area contributed by atoms with Crippen LogP contribution in [-0.2, 0) is 16.1 Å². The highest BCUT2D eigenvalue weighted by molar-refractivity contribution is 5.86. The SMILES string of the molecule is CCC(=O)N1CCC[C@@]2(CCCN(Cc3noc(-c4ccccc4)n3)C2=O)[C@@H]1C. The van der Waals surface area contributed by atoms with Gasteiger partial charge in [0.05, 0.1) is 12.0 Å². The summed E-state index contributed by atoms with van der Waals surface area (Å²) < 4.78 is 5.40. The Labute approximate surface area is 171 Å². The summed E-state index contributed by atoms with van der Waals surface area (Å²) in [5.41, 5.74) is 0.371. The molecule has 29 heavy (non-hydrogen) atoms. The van der Waals surface area contributed by atoms with Gasteiger partial charge in [0.25, 0.3) is 5.89 Å². The van der Waals surface area contributed by atoms with Crippen LogP contribution in [0.5, 0.6) is 0 Å². The molecule has 2 saturated heterocycles. The lowest BCUT2D eigenvalue weighted by Crippen LogP contribution is -2.61. The van der Waals surface area contributed by atoms with Gasteiger partial charge in [-0.3, -0.25) is 9.59 Å². The van der Waals surface area contributed by atoms with Crippen molar-refractivity contribution in [3.8, 4) is 11.5 Å². The van der Waals surface area contributed by atoms with E-state index in [9.17, 15) is 9.59 Å². The molecule has 2 atom stereocenters. The van der Waals surface area contributed by atoms with Gasteiger partial charge in [-0.05, 0) is 44.7 Å². The molecule has 3 heterocycles. The van der Waals surface area contributed by atoms with E-state index in [1.54, 1.807) is 0 Å². The van der Waals surface area contributed by atoms with Crippen molar-refractivity contribution in [2.45, 2.75) is 58.5 Å². The Morgan fingerprint density at radius 1 is 1.21 bits per heavy atom. The first-order valence-electron chi connectivity index (χ1n) is 10.5. The summed E-state index contributed by atoms with van der Waals surface area (Å²) in [6, 6.07) is 9.53. The summed E-state index contributed by atoms with van der Waals surface area (Å²) in [7, 11) is 0. The molecule has 2 aliphatic rings. The average Bonchev–Trinajstić information content (AvgIpc) is 3.22. The molecule has 154 valence electrons. The molecule has 0 N–H and O–H groups in total. The maximum atomic E-state index is 13.6. The molecule has 2 amide bonds. The van der Waals surface area contributed by atoms with Gasteiger partial charge in [0.2, 0.25) is 11.8 Å². The number of benzene rings is 1. The van der Waals surface area contributed by atoms with Crippen LogP contribution < -0.4 is 0 Å². The second-order valence-corrected chi connectivity index (χ2v) is 8.09. The number of aromatic nitrogens is 2. The predicted octanol–water partition coefficient (Wildman–Crippen LogP) is 3.27. The summed E-state index contributed by atoms with van der Waals surface area (Å²) >= 11 is 0. The zero-order valence-corrected chi connectivity index (χ0v) is 17.1. The third-order valence-electron chi connectivity index (χ3n) is 6.50. The second-order valence-electron chi connectivity index (χ2n) is 8.09. The van der Waals surface area contributed by atoms with E-state index in [0.29, 0.717) is 31.2 Å². The highest BCUT2D eigenvalue weighted by Crippen LogP contribution is 2.44. The first kappa shape index (κ1) is 19.6. The predicted molar refractivity (Wildman–Crippen MR) is 108 cm³/mol. The van der Waals surface area contributed by atoms with Gasteiger partial charge < -0.3 is 14.3 Å². The van der Waals surface area contributed by atoms with Gasteiger partial charge in [-0.2, -0.15) is 4.98 Å². The van der Waals surface area contributed by atoms with Crippen molar-refractivity contribution >= 4 is 11.8 Å². The first-order valence-corrected chi connectivity index (χ1v) is 10.5. The quantitative estimate of drug-likeness (QED) is 0.792. The number of piperidine rings is 2. The Hall–Kier alpha value is -2.70. The molecule has 0 saturated carbocycles. The molecule has 2 aromatic rings. The van der Waals surface area contributed by atoms with E-state index in [4.69, 9.17) is 4.52 Å². The van der Waals surface area contributed by atoms with Gasteiger partial charge in [0, 0.05) is 31.1 Å². The summed E-state index contributed by atoms with van der Waals surface area (Å²) in [5, 5.41) is 4.09. The minimum absolute atomic E-state index is 0.0795. The first-order chi connectivity index (χ1) is 14.0. The number of carbonyl (C=O) groups is 2. The number of hydrogen-bond acceptors (Lipinski definition) is 5. The van der Waals surface area contributed by atoms with Gasteiger partial charge >= 0.3 is 0 Å². The van der Waals surface area contributed by atoms with Crippen LogP contribution in [-0.4, -0.2) is 50.9 Å². The third kappa shape index (κ3) is 3.54. The molecule has 1 spiro atoms. The summed E-state index contributed by atoms with van der Waals surface area (Å²) in [5.74, 6) is 1.23. The van der Waals surface area contributed by atoms with Gasteiger partial charge in [0.1, 0.15) is 0 Å². The fourth-order valence-corrected chi connectivity index (χ4v) is 4.88. The molecular weight excluding hydrogens is 368 g/mol. The maximum absolute atomic E-state index is 13.6. The van der Waals surface area contributed by atoms with Crippen LogP contribution >= 0.6 is 0 Å². The topological polar surface area (TPSA) is 79.5 Å².